The lowest BCUT2D eigenvalue weighted by atomic mass is 10.1. The number of likely N-dealkylation sites (tertiary alicyclic amines) is 1. The van der Waals surface area contributed by atoms with Crippen LogP contribution in [-0.4, -0.2) is 40.0 Å². The second-order valence-corrected chi connectivity index (χ2v) is 6.96. The maximum Gasteiger partial charge on any atom is 0.255 e. The first-order chi connectivity index (χ1) is 11.4. The smallest absolute Gasteiger partial charge is 0.255 e. The van der Waals surface area contributed by atoms with Gasteiger partial charge in [-0.15, -0.1) is 0 Å². The zero-order valence-corrected chi connectivity index (χ0v) is 14.2. The molecule has 1 aromatic rings. The lowest BCUT2D eigenvalue weighted by molar-refractivity contribution is -0.147. The van der Waals surface area contributed by atoms with E-state index in [0.717, 1.165) is 17.5 Å². The number of amides is 2. The summed E-state index contributed by atoms with van der Waals surface area (Å²) in [5, 5.41) is 13.5. The van der Waals surface area contributed by atoms with Crippen LogP contribution in [0.4, 0.5) is 0 Å². The van der Waals surface area contributed by atoms with Crippen LogP contribution >= 0.6 is 11.6 Å². The standard InChI is InChI=1S/C17H22ClN3O3/c18-13-4-3-11(9-19)12(8-13)10-20-15(22)14-2-1-7-21(14)16(23)17(24)5-6-17/h3-4,8,14,24H,1-2,5-7,9-10,19H2,(H,20,22)/t14-/m0/s1. The number of nitrogens with zero attached hydrogens (tertiary/aromatic N) is 1. The van der Waals surface area contributed by atoms with Crippen molar-refractivity contribution >= 4 is 23.4 Å². The van der Waals surface area contributed by atoms with Crippen LogP contribution in [0.2, 0.25) is 5.02 Å². The average Bonchev–Trinajstić information content (AvgIpc) is 3.13. The van der Waals surface area contributed by atoms with Crippen molar-refractivity contribution in [2.24, 2.45) is 5.73 Å². The summed E-state index contributed by atoms with van der Waals surface area (Å²) in [6, 6.07) is 4.89. The number of nitrogens with one attached hydrogen (secondary N) is 1. The van der Waals surface area contributed by atoms with Gasteiger partial charge in [-0.2, -0.15) is 0 Å². The Hall–Kier alpha value is -1.63. The Morgan fingerprint density at radius 1 is 1.38 bits per heavy atom. The van der Waals surface area contributed by atoms with E-state index in [-0.39, 0.29) is 11.8 Å². The van der Waals surface area contributed by atoms with E-state index in [4.69, 9.17) is 17.3 Å². The fraction of sp³-hybridized carbons (Fsp3) is 0.529. The number of carbonyl (C=O) groups excluding carboxylic acids is 2. The summed E-state index contributed by atoms with van der Waals surface area (Å²) in [5.74, 6) is -0.515. The second-order valence-electron chi connectivity index (χ2n) is 6.52. The Balaban J connectivity index is 1.64. The van der Waals surface area contributed by atoms with Gasteiger partial charge in [0.1, 0.15) is 11.6 Å². The van der Waals surface area contributed by atoms with E-state index >= 15 is 0 Å². The van der Waals surface area contributed by atoms with Gasteiger partial charge in [0.25, 0.3) is 5.91 Å². The summed E-state index contributed by atoms with van der Waals surface area (Å²) in [5.41, 5.74) is 6.27. The number of nitrogens with two attached hydrogens (primary N) is 1. The fourth-order valence-corrected chi connectivity index (χ4v) is 3.33. The molecule has 1 saturated carbocycles. The molecule has 0 bridgehead atoms. The summed E-state index contributed by atoms with van der Waals surface area (Å²) in [6.07, 6.45) is 2.36. The zero-order chi connectivity index (χ0) is 17.3. The highest BCUT2D eigenvalue weighted by Gasteiger charge is 2.52. The highest BCUT2D eigenvalue weighted by molar-refractivity contribution is 6.30. The molecule has 1 aliphatic carbocycles. The van der Waals surface area contributed by atoms with Gasteiger partial charge >= 0.3 is 0 Å². The van der Waals surface area contributed by atoms with Crippen LogP contribution in [0.25, 0.3) is 0 Å². The Morgan fingerprint density at radius 3 is 2.79 bits per heavy atom. The Morgan fingerprint density at radius 2 is 2.12 bits per heavy atom. The Bertz CT molecular complexity index is 660. The van der Waals surface area contributed by atoms with Crippen LogP contribution in [0, 0.1) is 0 Å². The number of halogens is 1. The molecule has 1 atom stereocenters. The molecule has 1 aromatic carbocycles. The SMILES string of the molecule is NCc1ccc(Cl)cc1CNC(=O)[C@@H]1CCCN1C(=O)C1(O)CC1. The second kappa shape index (κ2) is 6.70. The van der Waals surface area contributed by atoms with Crippen LogP contribution in [0.3, 0.4) is 0 Å². The van der Waals surface area contributed by atoms with Gasteiger partial charge in [0.15, 0.2) is 0 Å². The summed E-state index contributed by atoms with van der Waals surface area (Å²) in [7, 11) is 0. The van der Waals surface area contributed by atoms with Crippen molar-refractivity contribution in [1.29, 1.82) is 0 Å². The van der Waals surface area contributed by atoms with E-state index in [2.05, 4.69) is 5.32 Å². The molecule has 130 valence electrons. The molecule has 24 heavy (non-hydrogen) atoms. The van der Waals surface area contributed by atoms with Gasteiger partial charge < -0.3 is 21.1 Å². The lowest BCUT2D eigenvalue weighted by Gasteiger charge is -2.26. The monoisotopic (exact) mass is 351 g/mol. The normalized spacial score (nSPS) is 21.6. The summed E-state index contributed by atoms with van der Waals surface area (Å²) >= 11 is 6.00. The molecule has 7 heteroatoms. The van der Waals surface area contributed by atoms with Crippen molar-refractivity contribution in [1.82, 2.24) is 10.2 Å². The maximum absolute atomic E-state index is 12.5. The topological polar surface area (TPSA) is 95.7 Å². The van der Waals surface area contributed by atoms with E-state index in [9.17, 15) is 14.7 Å². The molecule has 0 radical (unpaired) electrons. The molecule has 4 N–H and O–H groups in total. The van der Waals surface area contributed by atoms with E-state index in [1.54, 1.807) is 12.1 Å². The van der Waals surface area contributed by atoms with Crippen LogP contribution in [0.1, 0.15) is 36.8 Å². The molecule has 1 heterocycles. The van der Waals surface area contributed by atoms with Gasteiger partial charge in [-0.25, -0.2) is 0 Å². The van der Waals surface area contributed by atoms with Gasteiger partial charge in [-0.1, -0.05) is 17.7 Å². The van der Waals surface area contributed by atoms with E-state index < -0.39 is 11.6 Å². The van der Waals surface area contributed by atoms with Crippen molar-refractivity contribution in [2.75, 3.05) is 6.54 Å². The van der Waals surface area contributed by atoms with Crippen molar-refractivity contribution in [3.63, 3.8) is 0 Å². The fourth-order valence-electron chi connectivity index (χ4n) is 3.14. The van der Waals surface area contributed by atoms with Crippen LogP contribution in [0.15, 0.2) is 18.2 Å². The average molecular weight is 352 g/mol. The molecular formula is C17H22ClN3O3. The van der Waals surface area contributed by atoms with Gasteiger partial charge in [0.05, 0.1) is 0 Å². The molecule has 1 saturated heterocycles. The summed E-state index contributed by atoms with van der Waals surface area (Å²) in [4.78, 5) is 26.4. The predicted octanol–water partition coefficient (Wildman–Crippen LogP) is 0.931. The van der Waals surface area contributed by atoms with Crippen LogP contribution in [0.5, 0.6) is 0 Å². The summed E-state index contributed by atoms with van der Waals surface area (Å²) < 4.78 is 0. The van der Waals surface area contributed by atoms with Gasteiger partial charge in [-0.3, -0.25) is 9.59 Å². The minimum atomic E-state index is -1.23. The Kier molecular flexibility index (Phi) is 4.80. The molecule has 3 rings (SSSR count). The van der Waals surface area contributed by atoms with Gasteiger partial charge in [0, 0.05) is 24.7 Å². The summed E-state index contributed by atoms with van der Waals surface area (Å²) in [6.45, 7) is 1.20. The number of hydrogen-bond acceptors (Lipinski definition) is 4. The first kappa shape index (κ1) is 17.2. The van der Waals surface area contributed by atoms with E-state index in [1.807, 2.05) is 6.07 Å². The number of benzene rings is 1. The quantitative estimate of drug-likeness (QED) is 0.735. The molecule has 0 aromatic heterocycles. The third-order valence-corrected chi connectivity index (χ3v) is 5.01. The first-order valence-electron chi connectivity index (χ1n) is 8.23. The Labute approximate surface area is 146 Å². The largest absolute Gasteiger partial charge is 0.380 e. The molecular weight excluding hydrogens is 330 g/mol. The van der Waals surface area contributed by atoms with Crippen LogP contribution < -0.4 is 11.1 Å². The van der Waals surface area contributed by atoms with Crippen molar-refractivity contribution in [2.45, 2.75) is 50.4 Å². The molecule has 2 amide bonds. The molecule has 1 aliphatic heterocycles. The van der Waals surface area contributed by atoms with E-state index in [1.165, 1.54) is 4.90 Å². The van der Waals surface area contributed by atoms with Gasteiger partial charge in [-0.05, 0) is 48.9 Å². The van der Waals surface area contributed by atoms with E-state index in [0.29, 0.717) is 43.9 Å². The number of rotatable bonds is 5. The highest BCUT2D eigenvalue weighted by Crippen LogP contribution is 2.38. The minimum absolute atomic E-state index is 0.201. The number of carbonyl (C=O) groups is 2. The minimum Gasteiger partial charge on any atom is -0.380 e. The first-order valence-corrected chi connectivity index (χ1v) is 8.61. The third-order valence-electron chi connectivity index (χ3n) is 4.78. The molecule has 2 aliphatic rings. The highest BCUT2D eigenvalue weighted by atomic mass is 35.5. The number of aliphatic hydroxyl groups is 1. The molecule has 6 nitrogen and oxygen atoms in total. The third kappa shape index (κ3) is 3.41. The molecule has 0 unspecified atom stereocenters. The predicted molar refractivity (Wildman–Crippen MR) is 90.1 cm³/mol. The van der Waals surface area contributed by atoms with Crippen molar-refractivity contribution in [3.05, 3.63) is 34.3 Å². The molecule has 2 fully saturated rings. The number of hydrogen-bond donors (Lipinski definition) is 3. The zero-order valence-electron chi connectivity index (χ0n) is 13.4. The van der Waals surface area contributed by atoms with Crippen LogP contribution in [-0.2, 0) is 22.7 Å². The maximum atomic E-state index is 12.5. The van der Waals surface area contributed by atoms with Gasteiger partial charge in [0.2, 0.25) is 5.91 Å². The molecule has 0 spiro atoms. The van der Waals surface area contributed by atoms with Crippen molar-refractivity contribution < 1.29 is 14.7 Å². The lowest BCUT2D eigenvalue weighted by Crippen LogP contribution is -2.49. The van der Waals surface area contributed by atoms with Crippen molar-refractivity contribution in [3.8, 4) is 0 Å².